The van der Waals surface area contributed by atoms with Crippen molar-refractivity contribution in [2.24, 2.45) is 0 Å². The minimum Gasteiger partial charge on any atom is -0.472 e. The lowest BCUT2D eigenvalue weighted by Gasteiger charge is -2.11. The number of ether oxygens (including phenoxy) is 2. The van der Waals surface area contributed by atoms with E-state index >= 15 is 0 Å². The molecule has 1 unspecified atom stereocenters. The molecule has 1 N–H and O–H groups in total. The zero-order valence-corrected chi connectivity index (χ0v) is 12.8. The Kier molecular flexibility index (Phi) is 4.53. The molecule has 0 amide bonds. The molecule has 0 bridgehead atoms. The summed E-state index contributed by atoms with van der Waals surface area (Å²) in [5.41, 5.74) is 1.04. The minimum absolute atomic E-state index is 0.0975. The van der Waals surface area contributed by atoms with E-state index in [2.05, 4.69) is 20.4 Å². The van der Waals surface area contributed by atoms with E-state index < -0.39 is 0 Å². The summed E-state index contributed by atoms with van der Waals surface area (Å²) in [5.74, 6) is 1.56. The first-order valence-corrected chi connectivity index (χ1v) is 7.47. The lowest BCUT2D eigenvalue weighted by molar-refractivity contribution is 0.138. The lowest BCUT2D eigenvalue weighted by atomic mass is 10.2. The molecule has 22 heavy (non-hydrogen) atoms. The van der Waals surface area contributed by atoms with Crippen LogP contribution in [0, 0.1) is 0 Å². The van der Waals surface area contributed by atoms with Gasteiger partial charge in [0.2, 0.25) is 5.88 Å². The van der Waals surface area contributed by atoms with Gasteiger partial charge >= 0.3 is 6.01 Å². The molecule has 3 heterocycles. The SMILES string of the molecule is CC(C)c1noc(NCc2ccnc(OC3CCOC3)c2)n1. The van der Waals surface area contributed by atoms with Gasteiger partial charge in [-0.1, -0.05) is 19.0 Å². The highest BCUT2D eigenvalue weighted by molar-refractivity contribution is 5.26. The third-order valence-electron chi connectivity index (χ3n) is 3.38. The van der Waals surface area contributed by atoms with Crippen LogP contribution in [0.3, 0.4) is 0 Å². The summed E-state index contributed by atoms with van der Waals surface area (Å²) in [6.07, 6.45) is 2.74. The van der Waals surface area contributed by atoms with Crippen LogP contribution in [0.1, 0.15) is 37.6 Å². The highest BCUT2D eigenvalue weighted by atomic mass is 16.5. The van der Waals surface area contributed by atoms with Gasteiger partial charge in [0.1, 0.15) is 6.10 Å². The number of hydrogen-bond acceptors (Lipinski definition) is 7. The van der Waals surface area contributed by atoms with E-state index in [4.69, 9.17) is 14.0 Å². The van der Waals surface area contributed by atoms with Crippen molar-refractivity contribution in [1.29, 1.82) is 0 Å². The van der Waals surface area contributed by atoms with Gasteiger partial charge in [0.15, 0.2) is 5.82 Å². The van der Waals surface area contributed by atoms with E-state index in [9.17, 15) is 0 Å². The summed E-state index contributed by atoms with van der Waals surface area (Å²) in [7, 11) is 0. The van der Waals surface area contributed by atoms with Crippen molar-refractivity contribution in [3.63, 3.8) is 0 Å². The number of rotatable bonds is 6. The van der Waals surface area contributed by atoms with Crippen LogP contribution in [0.5, 0.6) is 5.88 Å². The molecule has 0 radical (unpaired) electrons. The second-order valence-electron chi connectivity index (χ2n) is 5.57. The third kappa shape index (κ3) is 3.73. The van der Waals surface area contributed by atoms with Gasteiger partial charge in [0.25, 0.3) is 0 Å². The van der Waals surface area contributed by atoms with Gasteiger partial charge in [0.05, 0.1) is 13.2 Å². The Morgan fingerprint density at radius 3 is 3.09 bits per heavy atom. The van der Waals surface area contributed by atoms with Crippen LogP contribution in [0.4, 0.5) is 6.01 Å². The van der Waals surface area contributed by atoms with Crippen LogP contribution in [-0.2, 0) is 11.3 Å². The van der Waals surface area contributed by atoms with Crippen LogP contribution in [0.25, 0.3) is 0 Å². The molecule has 0 saturated carbocycles. The molecular weight excluding hydrogens is 284 g/mol. The smallest absolute Gasteiger partial charge is 0.321 e. The van der Waals surface area contributed by atoms with E-state index in [0.29, 0.717) is 30.9 Å². The highest BCUT2D eigenvalue weighted by Gasteiger charge is 2.17. The van der Waals surface area contributed by atoms with Gasteiger partial charge < -0.3 is 19.3 Å². The molecule has 1 saturated heterocycles. The first kappa shape index (κ1) is 14.8. The first-order valence-electron chi connectivity index (χ1n) is 7.47. The summed E-state index contributed by atoms with van der Waals surface area (Å²) in [5, 5.41) is 7.02. The molecule has 2 aromatic heterocycles. The second kappa shape index (κ2) is 6.74. The van der Waals surface area contributed by atoms with E-state index in [1.54, 1.807) is 6.20 Å². The molecule has 0 aliphatic carbocycles. The van der Waals surface area contributed by atoms with Gasteiger partial charge in [-0.25, -0.2) is 4.98 Å². The second-order valence-corrected chi connectivity index (χ2v) is 5.57. The van der Waals surface area contributed by atoms with Crippen molar-refractivity contribution in [2.75, 3.05) is 18.5 Å². The molecule has 7 nitrogen and oxygen atoms in total. The average Bonchev–Trinajstić information content (AvgIpc) is 3.17. The fraction of sp³-hybridized carbons (Fsp3) is 0.533. The summed E-state index contributed by atoms with van der Waals surface area (Å²) in [4.78, 5) is 8.51. The maximum Gasteiger partial charge on any atom is 0.321 e. The van der Waals surface area contributed by atoms with Crippen molar-refractivity contribution >= 4 is 6.01 Å². The summed E-state index contributed by atoms with van der Waals surface area (Å²) >= 11 is 0. The Balaban J connectivity index is 1.57. The quantitative estimate of drug-likeness (QED) is 0.877. The van der Waals surface area contributed by atoms with E-state index in [0.717, 1.165) is 18.6 Å². The number of anilines is 1. The lowest BCUT2D eigenvalue weighted by Crippen LogP contribution is -2.16. The predicted octanol–water partition coefficient (Wildman–Crippen LogP) is 2.37. The van der Waals surface area contributed by atoms with Crippen molar-refractivity contribution < 1.29 is 14.0 Å². The van der Waals surface area contributed by atoms with Crippen molar-refractivity contribution in [3.05, 3.63) is 29.7 Å². The van der Waals surface area contributed by atoms with Gasteiger partial charge in [-0.15, -0.1) is 0 Å². The van der Waals surface area contributed by atoms with Gasteiger partial charge in [-0.05, 0) is 11.6 Å². The fourth-order valence-electron chi connectivity index (χ4n) is 2.12. The molecule has 7 heteroatoms. The van der Waals surface area contributed by atoms with E-state index in [1.165, 1.54) is 0 Å². The average molecular weight is 304 g/mol. The molecule has 3 rings (SSSR count). The molecule has 1 aliphatic heterocycles. The largest absolute Gasteiger partial charge is 0.472 e. The zero-order valence-electron chi connectivity index (χ0n) is 12.8. The number of pyridine rings is 1. The molecule has 1 fully saturated rings. The maximum absolute atomic E-state index is 5.79. The Bertz CT molecular complexity index is 608. The zero-order chi connectivity index (χ0) is 15.4. The standard InChI is InChI=1S/C15H20N4O3/c1-10(2)14-18-15(22-19-14)17-8-11-3-5-16-13(7-11)21-12-4-6-20-9-12/h3,5,7,10,12H,4,6,8-9H2,1-2H3,(H,17,18,19). The number of nitrogens with one attached hydrogen (secondary N) is 1. The Hall–Kier alpha value is -2.15. The molecule has 0 spiro atoms. The number of hydrogen-bond donors (Lipinski definition) is 1. The van der Waals surface area contributed by atoms with Gasteiger partial charge in [-0.2, -0.15) is 4.98 Å². The van der Waals surface area contributed by atoms with Crippen LogP contribution in [0.15, 0.2) is 22.9 Å². The van der Waals surface area contributed by atoms with Gasteiger partial charge in [0, 0.05) is 31.1 Å². The topological polar surface area (TPSA) is 82.3 Å². The summed E-state index contributed by atoms with van der Waals surface area (Å²) in [6.45, 7) is 5.99. The Labute approximate surface area is 129 Å². The number of aromatic nitrogens is 3. The highest BCUT2D eigenvalue weighted by Crippen LogP contribution is 2.17. The number of nitrogens with zero attached hydrogens (tertiary/aromatic N) is 3. The van der Waals surface area contributed by atoms with Crippen LogP contribution in [-0.4, -0.2) is 34.4 Å². The van der Waals surface area contributed by atoms with Crippen molar-refractivity contribution in [2.45, 2.75) is 38.8 Å². The fourth-order valence-corrected chi connectivity index (χ4v) is 2.12. The molecule has 1 aliphatic rings. The molecule has 1 atom stereocenters. The van der Waals surface area contributed by atoms with Crippen molar-refractivity contribution in [3.8, 4) is 5.88 Å². The van der Waals surface area contributed by atoms with Crippen LogP contribution >= 0.6 is 0 Å². The monoisotopic (exact) mass is 304 g/mol. The normalized spacial score (nSPS) is 17.9. The Morgan fingerprint density at radius 1 is 1.45 bits per heavy atom. The van der Waals surface area contributed by atoms with Crippen LogP contribution in [0.2, 0.25) is 0 Å². The summed E-state index contributed by atoms with van der Waals surface area (Å²) < 4.78 is 16.2. The van der Waals surface area contributed by atoms with E-state index in [1.807, 2.05) is 26.0 Å². The van der Waals surface area contributed by atoms with Gasteiger partial charge in [-0.3, -0.25) is 0 Å². The predicted molar refractivity (Wildman–Crippen MR) is 79.8 cm³/mol. The van der Waals surface area contributed by atoms with Crippen molar-refractivity contribution in [1.82, 2.24) is 15.1 Å². The maximum atomic E-state index is 5.79. The minimum atomic E-state index is 0.0975. The van der Waals surface area contributed by atoms with E-state index in [-0.39, 0.29) is 12.0 Å². The molecule has 118 valence electrons. The Morgan fingerprint density at radius 2 is 2.36 bits per heavy atom. The molecule has 2 aromatic rings. The first-order chi connectivity index (χ1) is 10.7. The molecular formula is C15H20N4O3. The summed E-state index contributed by atoms with van der Waals surface area (Å²) in [6, 6.07) is 4.25. The van der Waals surface area contributed by atoms with Crippen LogP contribution < -0.4 is 10.1 Å². The third-order valence-corrected chi connectivity index (χ3v) is 3.38. The molecule has 0 aromatic carbocycles.